The van der Waals surface area contributed by atoms with Crippen LogP contribution in [-0.4, -0.2) is 32.7 Å². The second-order valence-electron chi connectivity index (χ2n) is 7.61. The molecule has 0 saturated carbocycles. The van der Waals surface area contributed by atoms with Crippen molar-refractivity contribution in [3.63, 3.8) is 0 Å². The van der Waals surface area contributed by atoms with E-state index in [4.69, 9.17) is 10.7 Å². The Balaban J connectivity index is 1.64. The van der Waals surface area contributed by atoms with E-state index in [2.05, 4.69) is 4.98 Å². The molecule has 0 bridgehead atoms. The molecular weight excluding hydrogens is 388 g/mol. The maximum Gasteiger partial charge on any atom is 0.255 e. The summed E-state index contributed by atoms with van der Waals surface area (Å²) < 4.78 is 0. The molecule has 31 heavy (non-hydrogen) atoms. The average Bonchev–Trinajstić information content (AvgIpc) is 2.82. The molecule has 2 amide bonds. The molecule has 6 heteroatoms. The molecular formula is C25H20N4O2. The van der Waals surface area contributed by atoms with Crippen molar-refractivity contribution in [1.29, 1.82) is 0 Å². The summed E-state index contributed by atoms with van der Waals surface area (Å²) in [5, 5.41) is 0.731. The predicted molar refractivity (Wildman–Crippen MR) is 118 cm³/mol. The smallest absolute Gasteiger partial charge is 0.255 e. The summed E-state index contributed by atoms with van der Waals surface area (Å²) in [6, 6.07) is 22.0. The van der Waals surface area contributed by atoms with Gasteiger partial charge in [-0.1, -0.05) is 48.5 Å². The van der Waals surface area contributed by atoms with Crippen molar-refractivity contribution in [2.45, 2.75) is 19.0 Å². The summed E-state index contributed by atoms with van der Waals surface area (Å²) in [5.41, 5.74) is 10.2. The number of aromatic nitrogens is 2. The maximum absolute atomic E-state index is 13.8. The zero-order chi connectivity index (χ0) is 21.4. The minimum absolute atomic E-state index is 0.242. The van der Waals surface area contributed by atoms with Crippen LogP contribution >= 0.6 is 0 Å². The Morgan fingerprint density at radius 2 is 1.65 bits per heavy atom. The van der Waals surface area contributed by atoms with Crippen molar-refractivity contribution in [2.75, 3.05) is 0 Å². The number of primary amides is 1. The predicted octanol–water partition coefficient (Wildman–Crippen LogP) is 3.35. The molecule has 0 fully saturated rings. The van der Waals surface area contributed by atoms with Crippen LogP contribution in [0.2, 0.25) is 0 Å². The zero-order valence-electron chi connectivity index (χ0n) is 16.7. The number of hydrogen-bond acceptors (Lipinski definition) is 4. The average molecular weight is 408 g/mol. The number of carbonyl (C=O) groups excluding carboxylic acids is 2. The fraction of sp³-hybridized carbons (Fsp3) is 0.120. The van der Waals surface area contributed by atoms with E-state index in [1.165, 1.54) is 0 Å². The molecule has 1 aliphatic heterocycles. The fourth-order valence-electron chi connectivity index (χ4n) is 4.14. The largest absolute Gasteiger partial charge is 0.368 e. The normalized spacial score (nSPS) is 15.5. The van der Waals surface area contributed by atoms with Crippen LogP contribution in [0, 0.1) is 0 Å². The van der Waals surface area contributed by atoms with Crippen molar-refractivity contribution < 1.29 is 9.59 Å². The molecule has 152 valence electrons. The fourth-order valence-corrected chi connectivity index (χ4v) is 4.14. The minimum atomic E-state index is -0.701. The van der Waals surface area contributed by atoms with E-state index < -0.39 is 11.9 Å². The molecule has 1 aliphatic rings. The highest BCUT2D eigenvalue weighted by atomic mass is 16.2. The molecule has 2 aromatic carbocycles. The number of amides is 2. The molecule has 2 aromatic heterocycles. The summed E-state index contributed by atoms with van der Waals surface area (Å²) in [7, 11) is 0. The SMILES string of the molecule is NC(=O)[C@H]1Cc2ccccc2CN1C(=O)c1cc(-c2ccccn2)nc2ccccc12. The first-order chi connectivity index (χ1) is 15.1. The van der Waals surface area contributed by atoms with Gasteiger partial charge in [-0.2, -0.15) is 0 Å². The van der Waals surface area contributed by atoms with E-state index in [0.29, 0.717) is 35.4 Å². The van der Waals surface area contributed by atoms with Crippen LogP contribution in [0.3, 0.4) is 0 Å². The monoisotopic (exact) mass is 408 g/mol. The number of pyridine rings is 2. The number of hydrogen-bond donors (Lipinski definition) is 1. The number of benzene rings is 2. The van der Waals surface area contributed by atoms with Crippen LogP contribution < -0.4 is 5.73 Å². The third-order valence-electron chi connectivity index (χ3n) is 5.71. The Morgan fingerprint density at radius 3 is 2.42 bits per heavy atom. The Bertz CT molecular complexity index is 1300. The van der Waals surface area contributed by atoms with Crippen molar-refractivity contribution in [3.05, 3.63) is 95.7 Å². The van der Waals surface area contributed by atoms with Gasteiger partial charge in [0.2, 0.25) is 5.91 Å². The molecule has 0 spiro atoms. The standard InChI is InChI=1S/C25H20N4O2/c26-24(30)23-13-16-7-1-2-8-17(16)15-29(23)25(31)19-14-22(21-11-5-6-12-27-21)28-20-10-4-3-9-18(19)20/h1-12,14,23H,13,15H2,(H2,26,30)/t23-/m1/s1. The minimum Gasteiger partial charge on any atom is -0.368 e. The van der Waals surface area contributed by atoms with Gasteiger partial charge in [0.05, 0.1) is 22.5 Å². The van der Waals surface area contributed by atoms with Crippen LogP contribution in [0.15, 0.2) is 79.0 Å². The highest BCUT2D eigenvalue weighted by Crippen LogP contribution is 2.29. The lowest BCUT2D eigenvalue weighted by Gasteiger charge is -2.35. The first-order valence-corrected chi connectivity index (χ1v) is 10.1. The van der Waals surface area contributed by atoms with Gasteiger partial charge in [0.15, 0.2) is 0 Å². The number of carbonyl (C=O) groups is 2. The Kier molecular flexibility index (Phi) is 4.67. The Morgan fingerprint density at radius 1 is 0.903 bits per heavy atom. The third kappa shape index (κ3) is 3.42. The maximum atomic E-state index is 13.8. The summed E-state index contributed by atoms with van der Waals surface area (Å²) in [4.78, 5) is 36.7. The summed E-state index contributed by atoms with van der Waals surface area (Å²) >= 11 is 0. The number of fused-ring (bicyclic) bond motifs is 2. The molecule has 2 N–H and O–H groups in total. The molecule has 4 aromatic rings. The molecule has 0 aliphatic carbocycles. The van der Waals surface area contributed by atoms with E-state index in [1.54, 1.807) is 17.2 Å². The van der Waals surface area contributed by atoms with Crippen LogP contribution in [-0.2, 0) is 17.8 Å². The van der Waals surface area contributed by atoms with Gasteiger partial charge < -0.3 is 10.6 Å². The molecule has 0 unspecified atom stereocenters. The van der Waals surface area contributed by atoms with Gasteiger partial charge in [0, 0.05) is 24.5 Å². The van der Waals surface area contributed by atoms with Crippen molar-refractivity contribution in [3.8, 4) is 11.4 Å². The lowest BCUT2D eigenvalue weighted by atomic mass is 9.92. The van der Waals surface area contributed by atoms with Crippen molar-refractivity contribution in [2.24, 2.45) is 5.73 Å². The van der Waals surface area contributed by atoms with Crippen LogP contribution in [0.1, 0.15) is 21.5 Å². The molecule has 0 radical (unpaired) electrons. The number of para-hydroxylation sites is 1. The molecule has 1 atom stereocenters. The second-order valence-corrected chi connectivity index (χ2v) is 7.61. The van der Waals surface area contributed by atoms with Gasteiger partial charge >= 0.3 is 0 Å². The zero-order valence-corrected chi connectivity index (χ0v) is 16.7. The molecule has 3 heterocycles. The number of nitrogens with zero attached hydrogens (tertiary/aromatic N) is 3. The second kappa shape index (κ2) is 7.65. The van der Waals surface area contributed by atoms with E-state index in [0.717, 1.165) is 16.5 Å². The summed E-state index contributed by atoms with van der Waals surface area (Å²) in [6.45, 7) is 0.332. The van der Waals surface area contributed by atoms with E-state index in [1.807, 2.05) is 66.7 Å². The Labute approximate surface area is 179 Å². The van der Waals surface area contributed by atoms with Crippen LogP contribution in [0.5, 0.6) is 0 Å². The first-order valence-electron chi connectivity index (χ1n) is 10.1. The molecule has 6 nitrogen and oxygen atoms in total. The van der Waals surface area contributed by atoms with Gasteiger partial charge in [0.1, 0.15) is 6.04 Å². The highest BCUT2D eigenvalue weighted by molar-refractivity contribution is 6.08. The molecule has 5 rings (SSSR count). The summed E-state index contributed by atoms with van der Waals surface area (Å²) in [5.74, 6) is -0.750. The molecule has 0 saturated heterocycles. The van der Waals surface area contributed by atoms with Crippen molar-refractivity contribution >= 4 is 22.7 Å². The lowest BCUT2D eigenvalue weighted by Crippen LogP contribution is -2.51. The lowest BCUT2D eigenvalue weighted by molar-refractivity contribution is -0.122. The quantitative estimate of drug-likeness (QED) is 0.563. The number of nitrogens with two attached hydrogens (primary N) is 1. The van der Waals surface area contributed by atoms with Gasteiger partial charge in [-0.3, -0.25) is 14.6 Å². The topological polar surface area (TPSA) is 89.2 Å². The van der Waals surface area contributed by atoms with Gasteiger partial charge in [0.25, 0.3) is 5.91 Å². The van der Waals surface area contributed by atoms with Gasteiger partial charge in [-0.15, -0.1) is 0 Å². The van der Waals surface area contributed by atoms with Crippen molar-refractivity contribution in [1.82, 2.24) is 14.9 Å². The third-order valence-corrected chi connectivity index (χ3v) is 5.71. The number of rotatable bonds is 3. The van der Waals surface area contributed by atoms with Crippen LogP contribution in [0.4, 0.5) is 0 Å². The Hall–Kier alpha value is -4.06. The van der Waals surface area contributed by atoms with Gasteiger partial charge in [-0.25, -0.2) is 4.98 Å². The van der Waals surface area contributed by atoms with E-state index in [-0.39, 0.29) is 5.91 Å². The van der Waals surface area contributed by atoms with Crippen LogP contribution in [0.25, 0.3) is 22.3 Å². The highest BCUT2D eigenvalue weighted by Gasteiger charge is 2.34. The first kappa shape index (κ1) is 18.9. The van der Waals surface area contributed by atoms with E-state index in [9.17, 15) is 9.59 Å². The van der Waals surface area contributed by atoms with E-state index >= 15 is 0 Å². The summed E-state index contributed by atoms with van der Waals surface area (Å²) in [6.07, 6.45) is 2.10. The van der Waals surface area contributed by atoms with Gasteiger partial charge in [-0.05, 0) is 35.4 Å².